The molecule has 94 valence electrons. The molecule has 0 fully saturated rings. The van der Waals surface area contributed by atoms with Crippen LogP contribution in [0, 0.1) is 6.92 Å². The molecule has 3 aromatic rings. The van der Waals surface area contributed by atoms with E-state index < -0.39 is 0 Å². The molecule has 0 saturated heterocycles. The third kappa shape index (κ3) is 1.83. The van der Waals surface area contributed by atoms with E-state index in [9.17, 15) is 4.79 Å². The van der Waals surface area contributed by atoms with Gasteiger partial charge in [-0.2, -0.15) is 0 Å². The Morgan fingerprint density at radius 2 is 1.89 bits per heavy atom. The van der Waals surface area contributed by atoms with Gasteiger partial charge in [0.1, 0.15) is 5.65 Å². The van der Waals surface area contributed by atoms with Gasteiger partial charge >= 0.3 is 0 Å². The Morgan fingerprint density at radius 3 is 2.58 bits per heavy atom. The van der Waals surface area contributed by atoms with Crippen LogP contribution >= 0.6 is 0 Å². The van der Waals surface area contributed by atoms with Crippen LogP contribution in [0.2, 0.25) is 0 Å². The molecule has 0 aliphatic heterocycles. The lowest BCUT2D eigenvalue weighted by Crippen LogP contribution is -1.88. The molecule has 2 heterocycles. The summed E-state index contributed by atoms with van der Waals surface area (Å²) in [6.45, 7) is 2.06. The molecule has 0 spiro atoms. The van der Waals surface area contributed by atoms with E-state index in [1.165, 1.54) is 5.56 Å². The number of pyridine rings is 1. The highest BCUT2D eigenvalue weighted by atomic mass is 16.1. The number of rotatable bonds is 2. The highest BCUT2D eigenvalue weighted by molar-refractivity contribution is 6.04. The molecule has 0 aliphatic rings. The Morgan fingerprint density at radius 1 is 1.16 bits per heavy atom. The topological polar surface area (TPSA) is 34.9 Å². The number of benzene rings is 1. The van der Waals surface area contributed by atoms with E-state index in [1.807, 2.05) is 23.9 Å². The summed E-state index contributed by atoms with van der Waals surface area (Å²) in [5, 5.41) is 0.920. The number of hydrogen-bond acceptors (Lipinski definition) is 2. The smallest absolute Gasteiger partial charge is 0.152 e. The molecule has 0 amide bonds. The molecule has 1 aromatic carbocycles. The van der Waals surface area contributed by atoms with Crippen molar-refractivity contribution in [2.75, 3.05) is 0 Å². The van der Waals surface area contributed by atoms with Gasteiger partial charge in [0.05, 0.1) is 0 Å². The fourth-order valence-corrected chi connectivity index (χ4v) is 2.40. The van der Waals surface area contributed by atoms with Crippen LogP contribution in [-0.2, 0) is 7.05 Å². The van der Waals surface area contributed by atoms with Crippen LogP contribution in [0.1, 0.15) is 15.9 Å². The van der Waals surface area contributed by atoms with E-state index >= 15 is 0 Å². The standard InChI is InChI=1S/C16H14N2O/c1-11-3-5-12(6-4-11)14-7-8-17-16-15(14)13(10-19)9-18(16)2/h3-10H,1-2H3. The predicted octanol–water partition coefficient (Wildman–Crippen LogP) is 3.36. The minimum Gasteiger partial charge on any atom is -0.335 e. The van der Waals surface area contributed by atoms with Crippen LogP contribution in [0.5, 0.6) is 0 Å². The molecule has 0 bridgehead atoms. The van der Waals surface area contributed by atoms with Gasteiger partial charge in [-0.1, -0.05) is 29.8 Å². The van der Waals surface area contributed by atoms with E-state index in [-0.39, 0.29) is 0 Å². The summed E-state index contributed by atoms with van der Waals surface area (Å²) in [7, 11) is 1.90. The second-order valence-electron chi connectivity index (χ2n) is 4.74. The summed E-state index contributed by atoms with van der Waals surface area (Å²) in [5.41, 5.74) is 4.89. The lowest BCUT2D eigenvalue weighted by Gasteiger charge is -2.05. The molecule has 0 radical (unpaired) electrons. The average molecular weight is 250 g/mol. The minimum atomic E-state index is 0.682. The monoisotopic (exact) mass is 250 g/mol. The molecule has 0 N–H and O–H groups in total. The van der Waals surface area contributed by atoms with Crippen LogP contribution in [0.3, 0.4) is 0 Å². The first-order valence-corrected chi connectivity index (χ1v) is 6.17. The Balaban J connectivity index is 2.34. The summed E-state index contributed by atoms with van der Waals surface area (Å²) in [4.78, 5) is 15.6. The summed E-state index contributed by atoms with van der Waals surface area (Å²) in [6, 6.07) is 10.3. The summed E-state index contributed by atoms with van der Waals surface area (Å²) in [5.74, 6) is 0. The van der Waals surface area contributed by atoms with Gasteiger partial charge in [-0.25, -0.2) is 4.98 Å². The maximum absolute atomic E-state index is 11.2. The molecule has 0 saturated carbocycles. The van der Waals surface area contributed by atoms with Crippen molar-refractivity contribution < 1.29 is 4.79 Å². The number of fused-ring (bicyclic) bond motifs is 1. The van der Waals surface area contributed by atoms with Gasteiger partial charge in [0.2, 0.25) is 0 Å². The third-order valence-corrected chi connectivity index (χ3v) is 3.38. The first kappa shape index (κ1) is 11.7. The molecule has 3 nitrogen and oxygen atoms in total. The average Bonchev–Trinajstić information content (AvgIpc) is 2.77. The maximum atomic E-state index is 11.2. The van der Waals surface area contributed by atoms with Gasteiger partial charge in [0.15, 0.2) is 6.29 Å². The van der Waals surface area contributed by atoms with E-state index in [0.29, 0.717) is 5.56 Å². The van der Waals surface area contributed by atoms with Crippen molar-refractivity contribution in [3.8, 4) is 11.1 Å². The zero-order valence-corrected chi connectivity index (χ0v) is 10.9. The van der Waals surface area contributed by atoms with E-state index in [4.69, 9.17) is 0 Å². The number of aromatic nitrogens is 2. The summed E-state index contributed by atoms with van der Waals surface area (Å²) >= 11 is 0. The van der Waals surface area contributed by atoms with Gasteiger partial charge in [0, 0.05) is 30.4 Å². The van der Waals surface area contributed by atoms with Gasteiger partial charge in [-0.05, 0) is 24.1 Å². The minimum absolute atomic E-state index is 0.682. The van der Waals surface area contributed by atoms with Crippen molar-refractivity contribution in [3.63, 3.8) is 0 Å². The number of carbonyl (C=O) groups is 1. The lowest BCUT2D eigenvalue weighted by atomic mass is 10.0. The van der Waals surface area contributed by atoms with Gasteiger partial charge in [0.25, 0.3) is 0 Å². The normalized spacial score (nSPS) is 10.8. The van der Waals surface area contributed by atoms with E-state index in [2.05, 4.69) is 36.2 Å². The second-order valence-corrected chi connectivity index (χ2v) is 4.74. The number of nitrogens with zero attached hydrogens (tertiary/aromatic N) is 2. The number of aldehydes is 1. The van der Waals surface area contributed by atoms with Crippen LogP contribution in [0.15, 0.2) is 42.7 Å². The molecule has 0 aliphatic carbocycles. The Hall–Kier alpha value is -2.42. The zero-order chi connectivity index (χ0) is 13.4. The second kappa shape index (κ2) is 4.35. The van der Waals surface area contributed by atoms with Crippen molar-refractivity contribution in [2.45, 2.75) is 6.92 Å². The molecule has 0 unspecified atom stereocenters. The molecular weight excluding hydrogens is 236 g/mol. The largest absolute Gasteiger partial charge is 0.335 e. The Bertz CT molecular complexity index is 754. The fourth-order valence-electron chi connectivity index (χ4n) is 2.40. The maximum Gasteiger partial charge on any atom is 0.152 e. The molecule has 3 rings (SSSR count). The number of hydrogen-bond donors (Lipinski definition) is 0. The van der Waals surface area contributed by atoms with Crippen molar-refractivity contribution in [1.29, 1.82) is 0 Å². The number of carbonyl (C=O) groups excluding carboxylic acids is 1. The van der Waals surface area contributed by atoms with Gasteiger partial charge in [-0.15, -0.1) is 0 Å². The Labute approximate surface area is 111 Å². The first-order valence-electron chi connectivity index (χ1n) is 6.17. The van der Waals surface area contributed by atoms with Crippen LogP contribution in [0.4, 0.5) is 0 Å². The van der Waals surface area contributed by atoms with Crippen molar-refractivity contribution >= 4 is 17.3 Å². The van der Waals surface area contributed by atoms with Crippen molar-refractivity contribution in [2.24, 2.45) is 7.05 Å². The lowest BCUT2D eigenvalue weighted by molar-refractivity contribution is 0.112. The zero-order valence-electron chi connectivity index (χ0n) is 10.9. The molecule has 19 heavy (non-hydrogen) atoms. The molecule has 0 atom stereocenters. The quantitative estimate of drug-likeness (QED) is 0.654. The predicted molar refractivity (Wildman–Crippen MR) is 76.3 cm³/mol. The van der Waals surface area contributed by atoms with E-state index in [0.717, 1.165) is 28.4 Å². The van der Waals surface area contributed by atoms with Crippen LogP contribution < -0.4 is 0 Å². The molecular formula is C16H14N2O. The first-order chi connectivity index (χ1) is 9.20. The highest BCUT2D eigenvalue weighted by Gasteiger charge is 2.12. The van der Waals surface area contributed by atoms with Crippen LogP contribution in [0.25, 0.3) is 22.2 Å². The molecule has 2 aromatic heterocycles. The Kier molecular flexibility index (Phi) is 2.67. The van der Waals surface area contributed by atoms with Crippen LogP contribution in [-0.4, -0.2) is 15.8 Å². The van der Waals surface area contributed by atoms with Gasteiger partial charge < -0.3 is 4.57 Å². The number of aryl methyl sites for hydroxylation is 2. The van der Waals surface area contributed by atoms with Gasteiger partial charge in [-0.3, -0.25) is 4.79 Å². The van der Waals surface area contributed by atoms with E-state index in [1.54, 1.807) is 6.20 Å². The SMILES string of the molecule is Cc1ccc(-c2ccnc3c2c(C=O)cn3C)cc1. The molecule has 3 heteroatoms. The summed E-state index contributed by atoms with van der Waals surface area (Å²) < 4.78 is 1.89. The van der Waals surface area contributed by atoms with Crippen molar-refractivity contribution in [3.05, 3.63) is 53.9 Å². The van der Waals surface area contributed by atoms with Crippen molar-refractivity contribution in [1.82, 2.24) is 9.55 Å². The summed E-state index contributed by atoms with van der Waals surface area (Å²) in [6.07, 6.45) is 4.50. The fraction of sp³-hybridized carbons (Fsp3) is 0.125. The highest BCUT2D eigenvalue weighted by Crippen LogP contribution is 2.30. The third-order valence-electron chi connectivity index (χ3n) is 3.38.